The van der Waals surface area contributed by atoms with Crippen LogP contribution in [0, 0.1) is 0 Å². The zero-order valence-corrected chi connectivity index (χ0v) is 17.9. The van der Waals surface area contributed by atoms with Gasteiger partial charge in [-0.25, -0.2) is 0 Å². The normalized spacial score (nSPS) is 11.5. The summed E-state index contributed by atoms with van der Waals surface area (Å²) in [4.78, 5) is 23.3. The number of carboxylic acids is 1. The van der Waals surface area contributed by atoms with Crippen molar-refractivity contribution in [3.05, 3.63) is 95.6 Å². The predicted molar refractivity (Wildman–Crippen MR) is 118 cm³/mol. The molecule has 0 radical (unpaired) electrons. The molecule has 6 nitrogen and oxygen atoms in total. The van der Waals surface area contributed by atoms with Gasteiger partial charge in [-0.2, -0.15) is 0 Å². The molecule has 0 aliphatic rings. The molecule has 0 saturated heterocycles. The Balaban J connectivity index is 1.38. The zero-order valence-electron chi connectivity index (χ0n) is 17.9. The minimum Gasteiger partial charge on any atom is -0.547 e. The second-order valence-electron chi connectivity index (χ2n) is 7.16. The number of benzene rings is 3. The molecule has 0 amide bonds. The summed E-state index contributed by atoms with van der Waals surface area (Å²) in [6.07, 6.45) is -0.0459. The Kier molecular flexibility index (Phi) is 8.40. The largest absolute Gasteiger partial charge is 0.547 e. The van der Waals surface area contributed by atoms with Gasteiger partial charge in [0.25, 0.3) is 0 Å². The van der Waals surface area contributed by atoms with E-state index < -0.39 is 12.1 Å². The molecule has 1 atom stereocenters. The Bertz CT molecular complexity index is 997. The van der Waals surface area contributed by atoms with Gasteiger partial charge >= 0.3 is 0 Å². The third-order valence-electron chi connectivity index (χ3n) is 4.87. The van der Waals surface area contributed by atoms with E-state index in [0.717, 1.165) is 5.56 Å². The van der Waals surface area contributed by atoms with Gasteiger partial charge < -0.3 is 24.1 Å². The van der Waals surface area contributed by atoms with E-state index >= 15 is 0 Å². The van der Waals surface area contributed by atoms with E-state index in [4.69, 9.17) is 14.2 Å². The van der Waals surface area contributed by atoms with Crippen molar-refractivity contribution in [2.24, 2.45) is 0 Å². The summed E-state index contributed by atoms with van der Waals surface area (Å²) in [5, 5.41) is 10.9. The summed E-state index contributed by atoms with van der Waals surface area (Å²) in [6.45, 7) is 0.953. The van der Waals surface area contributed by atoms with Crippen LogP contribution in [0.15, 0.2) is 78.9 Å². The smallest absolute Gasteiger partial charge is 0.193 e. The number of hydrogen-bond acceptors (Lipinski definition) is 6. The Morgan fingerprint density at radius 2 is 1.31 bits per heavy atom. The molecule has 0 aliphatic heterocycles. The van der Waals surface area contributed by atoms with Gasteiger partial charge in [-0.05, 0) is 42.0 Å². The monoisotopic (exact) mass is 433 g/mol. The van der Waals surface area contributed by atoms with Crippen LogP contribution in [0.3, 0.4) is 0 Å². The molecule has 6 heteroatoms. The van der Waals surface area contributed by atoms with E-state index in [-0.39, 0.29) is 12.2 Å². The van der Waals surface area contributed by atoms with Crippen LogP contribution < -0.4 is 14.6 Å². The van der Waals surface area contributed by atoms with Crippen molar-refractivity contribution >= 4 is 11.8 Å². The molecule has 3 aromatic carbocycles. The lowest BCUT2D eigenvalue weighted by Gasteiger charge is -2.16. The van der Waals surface area contributed by atoms with Gasteiger partial charge in [-0.15, -0.1) is 0 Å². The van der Waals surface area contributed by atoms with Crippen LogP contribution in [0.1, 0.15) is 27.9 Å². The first kappa shape index (κ1) is 23.0. The molecule has 32 heavy (non-hydrogen) atoms. The lowest BCUT2D eigenvalue weighted by Crippen LogP contribution is -2.38. The van der Waals surface area contributed by atoms with Crippen molar-refractivity contribution < 1.29 is 28.9 Å². The highest BCUT2D eigenvalue weighted by Gasteiger charge is 2.10. The van der Waals surface area contributed by atoms with Crippen molar-refractivity contribution in [1.29, 1.82) is 0 Å². The lowest BCUT2D eigenvalue weighted by molar-refractivity contribution is -0.315. The fourth-order valence-corrected chi connectivity index (χ4v) is 3.10. The van der Waals surface area contributed by atoms with Gasteiger partial charge in [-0.1, -0.05) is 42.5 Å². The summed E-state index contributed by atoms with van der Waals surface area (Å²) in [5.74, 6) is 0.138. The van der Waals surface area contributed by atoms with Crippen LogP contribution >= 0.6 is 0 Å². The first-order valence-corrected chi connectivity index (χ1v) is 10.3. The summed E-state index contributed by atoms with van der Waals surface area (Å²) in [6, 6.07) is 23.4. The zero-order chi connectivity index (χ0) is 22.8. The maximum absolute atomic E-state index is 12.4. The van der Waals surface area contributed by atoms with Crippen molar-refractivity contribution in [3.63, 3.8) is 0 Å². The third kappa shape index (κ3) is 6.68. The average molecular weight is 433 g/mol. The van der Waals surface area contributed by atoms with Crippen LogP contribution in [0.4, 0.5) is 0 Å². The number of carbonyl (C=O) groups is 2. The van der Waals surface area contributed by atoms with Crippen LogP contribution in [0.5, 0.6) is 11.5 Å². The van der Waals surface area contributed by atoms with E-state index in [0.29, 0.717) is 42.3 Å². The molecule has 0 aromatic heterocycles. The highest BCUT2D eigenvalue weighted by atomic mass is 16.5. The first-order valence-electron chi connectivity index (χ1n) is 10.3. The molecule has 0 unspecified atom stereocenters. The molecule has 3 aromatic rings. The third-order valence-corrected chi connectivity index (χ3v) is 4.87. The van der Waals surface area contributed by atoms with Gasteiger partial charge in [0.05, 0.1) is 19.2 Å². The molecule has 0 bridgehead atoms. The highest BCUT2D eigenvalue weighted by Crippen LogP contribution is 2.17. The van der Waals surface area contributed by atoms with Crippen molar-refractivity contribution in [2.75, 3.05) is 20.3 Å². The number of rotatable bonds is 12. The minimum atomic E-state index is -1.23. The van der Waals surface area contributed by atoms with E-state index in [1.165, 1.54) is 7.11 Å². The van der Waals surface area contributed by atoms with E-state index in [1.54, 1.807) is 60.7 Å². The van der Waals surface area contributed by atoms with Gasteiger partial charge in [0.1, 0.15) is 17.6 Å². The van der Waals surface area contributed by atoms with Crippen LogP contribution in [0.2, 0.25) is 0 Å². The predicted octanol–water partition coefficient (Wildman–Crippen LogP) is 3.07. The van der Waals surface area contributed by atoms with Gasteiger partial charge in [0.15, 0.2) is 5.78 Å². The average Bonchev–Trinajstić information content (AvgIpc) is 2.83. The molecule has 166 valence electrons. The lowest BCUT2D eigenvalue weighted by atomic mass is 10.0. The summed E-state index contributed by atoms with van der Waals surface area (Å²) < 4.78 is 16.3. The molecule has 0 spiro atoms. The Hall–Kier alpha value is -3.64. The molecule has 0 heterocycles. The number of carbonyl (C=O) groups excluding carboxylic acids is 2. The van der Waals surface area contributed by atoms with Crippen molar-refractivity contribution in [2.45, 2.75) is 18.9 Å². The Morgan fingerprint density at radius 3 is 1.84 bits per heavy atom. The number of aliphatic carboxylic acids is 1. The maximum atomic E-state index is 12.4. The van der Waals surface area contributed by atoms with E-state index in [9.17, 15) is 14.7 Å². The highest BCUT2D eigenvalue weighted by molar-refractivity contribution is 6.08. The maximum Gasteiger partial charge on any atom is 0.193 e. The van der Waals surface area contributed by atoms with Crippen LogP contribution in [-0.4, -0.2) is 38.2 Å². The number of carboxylic acid groups (broad SMARTS) is 1. The van der Waals surface area contributed by atoms with Crippen LogP contribution in [0.25, 0.3) is 0 Å². The van der Waals surface area contributed by atoms with Gasteiger partial charge in [0, 0.05) is 31.1 Å². The van der Waals surface area contributed by atoms with Crippen molar-refractivity contribution in [3.8, 4) is 11.5 Å². The summed E-state index contributed by atoms with van der Waals surface area (Å²) in [7, 11) is 1.35. The molecule has 0 fully saturated rings. The van der Waals surface area contributed by atoms with E-state index in [1.807, 2.05) is 18.2 Å². The molecule has 0 aliphatic carbocycles. The molecular weight excluding hydrogens is 408 g/mol. The standard InChI is InChI=1S/C26H26O6/c1-30-24(26(28)29)18-19-8-12-22(13-9-19)31-16-5-17-32-23-14-10-21(11-15-23)25(27)20-6-3-2-4-7-20/h2-4,6-15,24H,5,16-18H2,1H3,(H,28,29)/p-1/t24-/m0/s1. The first-order chi connectivity index (χ1) is 15.6. The van der Waals surface area contributed by atoms with Crippen molar-refractivity contribution in [1.82, 2.24) is 0 Å². The summed E-state index contributed by atoms with van der Waals surface area (Å²) >= 11 is 0. The second kappa shape index (κ2) is 11.7. The Morgan fingerprint density at radius 1 is 0.781 bits per heavy atom. The fraction of sp³-hybridized carbons (Fsp3) is 0.231. The number of ether oxygens (including phenoxy) is 3. The quantitative estimate of drug-likeness (QED) is 0.322. The topological polar surface area (TPSA) is 84.9 Å². The second-order valence-corrected chi connectivity index (χ2v) is 7.16. The number of hydrogen-bond donors (Lipinski definition) is 0. The molecule has 0 saturated carbocycles. The summed E-state index contributed by atoms with van der Waals surface area (Å²) in [5.41, 5.74) is 2.10. The van der Waals surface area contributed by atoms with Gasteiger partial charge in [-0.3, -0.25) is 4.79 Å². The van der Waals surface area contributed by atoms with Gasteiger partial charge in [0.2, 0.25) is 0 Å². The molecular formula is C26H25O6-. The van der Waals surface area contributed by atoms with Crippen LogP contribution in [-0.2, 0) is 16.0 Å². The molecule has 0 N–H and O–H groups in total. The molecule has 3 rings (SSSR count). The Labute approximate surface area is 187 Å². The number of methoxy groups -OCH3 is 1. The fourth-order valence-electron chi connectivity index (χ4n) is 3.10. The minimum absolute atomic E-state index is 0.0195. The van der Waals surface area contributed by atoms with E-state index in [2.05, 4.69) is 0 Å². The number of ketones is 1. The SMILES string of the molecule is CO[C@@H](Cc1ccc(OCCCOc2ccc(C(=O)c3ccccc3)cc2)cc1)C(=O)[O-].